The Hall–Kier alpha value is -2.60. The lowest BCUT2D eigenvalue weighted by molar-refractivity contribution is 0.0601. The Morgan fingerprint density at radius 1 is 1.25 bits per heavy atom. The number of nitrogens with one attached hydrogen (secondary N) is 1. The lowest BCUT2D eigenvalue weighted by Gasteiger charge is -2.10. The molecule has 24 heavy (non-hydrogen) atoms. The lowest BCUT2D eigenvalue weighted by atomic mass is 10.2. The second-order valence-corrected chi connectivity index (χ2v) is 6.30. The highest BCUT2D eigenvalue weighted by Crippen LogP contribution is 2.31. The highest BCUT2D eigenvalue weighted by atomic mass is 32.1. The number of carbonyl (C=O) groups excluding carboxylic acids is 1. The van der Waals surface area contributed by atoms with Crippen molar-refractivity contribution in [2.24, 2.45) is 0 Å². The summed E-state index contributed by atoms with van der Waals surface area (Å²) in [7, 11) is 3.25. The van der Waals surface area contributed by atoms with Gasteiger partial charge < -0.3 is 14.6 Å². The van der Waals surface area contributed by atoms with Gasteiger partial charge >= 0.3 is 5.97 Å². The van der Waals surface area contributed by atoms with Crippen LogP contribution in [0.25, 0.3) is 16.9 Å². The van der Waals surface area contributed by atoms with Crippen LogP contribution in [0, 0.1) is 13.8 Å². The summed E-state index contributed by atoms with van der Waals surface area (Å²) in [6, 6.07) is 9.55. The van der Waals surface area contributed by atoms with E-state index in [9.17, 15) is 4.79 Å². The Morgan fingerprint density at radius 3 is 2.54 bits per heavy atom. The lowest BCUT2D eigenvalue weighted by Crippen LogP contribution is -2.03. The van der Waals surface area contributed by atoms with Crippen molar-refractivity contribution in [3.8, 4) is 16.9 Å². The zero-order chi connectivity index (χ0) is 17.3. The number of hydrogen-bond acceptors (Lipinski definition) is 5. The monoisotopic (exact) mass is 341 g/mol. The number of esters is 1. The molecule has 1 aromatic carbocycles. The first kappa shape index (κ1) is 16.3. The summed E-state index contributed by atoms with van der Waals surface area (Å²) < 4.78 is 6.91. The molecule has 0 bridgehead atoms. The van der Waals surface area contributed by atoms with E-state index >= 15 is 0 Å². The van der Waals surface area contributed by atoms with Crippen molar-refractivity contribution in [2.45, 2.75) is 13.8 Å². The van der Waals surface area contributed by atoms with Crippen LogP contribution < -0.4 is 5.32 Å². The van der Waals surface area contributed by atoms with Gasteiger partial charge in [-0.2, -0.15) is 0 Å². The second-order valence-electron chi connectivity index (χ2n) is 5.45. The van der Waals surface area contributed by atoms with Crippen molar-refractivity contribution in [1.29, 1.82) is 0 Å². The largest absolute Gasteiger partial charge is 0.465 e. The molecular weight excluding hydrogens is 322 g/mol. The summed E-state index contributed by atoms with van der Waals surface area (Å²) in [6.45, 7) is 4.14. The fourth-order valence-corrected chi connectivity index (χ4v) is 3.47. The summed E-state index contributed by atoms with van der Waals surface area (Å²) in [5.74, 6) is -0.328. The fourth-order valence-electron chi connectivity index (χ4n) is 2.80. The van der Waals surface area contributed by atoms with Crippen LogP contribution in [0.3, 0.4) is 0 Å². The smallest absolute Gasteiger partial charge is 0.337 e. The number of aromatic nitrogens is 2. The third-order valence-electron chi connectivity index (χ3n) is 3.97. The van der Waals surface area contributed by atoms with Crippen molar-refractivity contribution >= 4 is 22.4 Å². The molecule has 0 unspecified atom stereocenters. The van der Waals surface area contributed by atoms with E-state index in [2.05, 4.69) is 40.2 Å². The van der Waals surface area contributed by atoms with Gasteiger partial charge in [-0.25, -0.2) is 9.78 Å². The minimum Gasteiger partial charge on any atom is -0.465 e. The Kier molecular flexibility index (Phi) is 4.40. The number of aryl methyl sites for hydroxylation is 1. The van der Waals surface area contributed by atoms with Crippen LogP contribution in [-0.2, 0) is 4.74 Å². The number of hydrogen-bond donors (Lipinski definition) is 1. The Labute approximate surface area is 144 Å². The topological polar surface area (TPSA) is 56.2 Å². The molecule has 1 N–H and O–H groups in total. The van der Waals surface area contributed by atoms with E-state index in [-0.39, 0.29) is 5.97 Å². The molecule has 0 fully saturated rings. The first-order valence-corrected chi connectivity index (χ1v) is 8.44. The Morgan fingerprint density at radius 2 is 1.96 bits per heavy atom. The normalized spacial score (nSPS) is 10.7. The molecule has 3 rings (SSSR count). The molecule has 5 nitrogen and oxygen atoms in total. The molecule has 0 saturated carbocycles. The van der Waals surface area contributed by atoms with E-state index in [4.69, 9.17) is 4.74 Å². The van der Waals surface area contributed by atoms with Crippen LogP contribution in [0.5, 0.6) is 0 Å². The molecule has 0 saturated heterocycles. The number of benzene rings is 1. The summed E-state index contributed by atoms with van der Waals surface area (Å²) >= 11 is 1.59. The molecule has 0 amide bonds. The molecule has 2 heterocycles. The van der Waals surface area contributed by atoms with Crippen molar-refractivity contribution in [1.82, 2.24) is 9.55 Å². The zero-order valence-electron chi connectivity index (χ0n) is 14.1. The third kappa shape index (κ3) is 2.80. The first-order chi connectivity index (χ1) is 11.5. The molecule has 6 heteroatoms. The quantitative estimate of drug-likeness (QED) is 0.728. The van der Waals surface area contributed by atoms with E-state index in [1.807, 2.05) is 19.2 Å². The van der Waals surface area contributed by atoms with E-state index in [0.29, 0.717) is 5.56 Å². The average molecular weight is 341 g/mol. The second kappa shape index (κ2) is 6.49. The van der Waals surface area contributed by atoms with Gasteiger partial charge in [-0.15, -0.1) is 11.3 Å². The molecule has 0 aliphatic rings. The number of methoxy groups -OCH3 is 1. The summed E-state index contributed by atoms with van der Waals surface area (Å²) in [5, 5.41) is 6.02. The van der Waals surface area contributed by atoms with Gasteiger partial charge in [-0.1, -0.05) is 0 Å². The number of carbonyl (C=O) groups is 1. The molecule has 0 aliphatic carbocycles. The maximum absolute atomic E-state index is 11.6. The number of thiazole rings is 1. The predicted molar refractivity (Wildman–Crippen MR) is 97.2 cm³/mol. The number of nitrogens with zero attached hydrogens (tertiary/aromatic N) is 2. The summed E-state index contributed by atoms with van der Waals surface area (Å²) in [6.07, 6.45) is 0. The molecule has 0 atom stereocenters. The van der Waals surface area contributed by atoms with Gasteiger partial charge in [-0.3, -0.25) is 0 Å². The van der Waals surface area contributed by atoms with E-state index in [1.54, 1.807) is 23.5 Å². The zero-order valence-corrected chi connectivity index (χ0v) is 14.9. The predicted octanol–water partition coefficient (Wildman–Crippen LogP) is 4.05. The fraction of sp³-hybridized carbons (Fsp3) is 0.222. The van der Waals surface area contributed by atoms with Gasteiger partial charge in [0.15, 0.2) is 5.13 Å². The highest BCUT2D eigenvalue weighted by molar-refractivity contribution is 7.14. The van der Waals surface area contributed by atoms with Crippen molar-refractivity contribution in [3.05, 3.63) is 52.7 Å². The first-order valence-electron chi connectivity index (χ1n) is 7.56. The van der Waals surface area contributed by atoms with Crippen LogP contribution in [-0.4, -0.2) is 29.7 Å². The van der Waals surface area contributed by atoms with E-state index < -0.39 is 0 Å². The van der Waals surface area contributed by atoms with Gasteiger partial charge in [0.2, 0.25) is 0 Å². The molecule has 124 valence electrons. The van der Waals surface area contributed by atoms with Crippen molar-refractivity contribution in [2.75, 3.05) is 19.5 Å². The molecule has 0 aliphatic heterocycles. The van der Waals surface area contributed by atoms with E-state index in [1.165, 1.54) is 7.11 Å². The van der Waals surface area contributed by atoms with Gasteiger partial charge in [0.1, 0.15) is 0 Å². The van der Waals surface area contributed by atoms with Gasteiger partial charge in [0.25, 0.3) is 0 Å². The number of rotatable bonds is 4. The maximum atomic E-state index is 11.6. The summed E-state index contributed by atoms with van der Waals surface area (Å²) in [4.78, 5) is 16.2. The van der Waals surface area contributed by atoms with Crippen molar-refractivity contribution < 1.29 is 9.53 Å². The van der Waals surface area contributed by atoms with Crippen LogP contribution in [0.15, 0.2) is 35.7 Å². The molecular formula is C18H19N3O2S. The molecule has 0 radical (unpaired) electrons. The maximum Gasteiger partial charge on any atom is 0.337 e. The molecule has 2 aromatic heterocycles. The van der Waals surface area contributed by atoms with E-state index in [0.717, 1.165) is 33.5 Å². The van der Waals surface area contributed by atoms with Crippen LogP contribution >= 0.6 is 11.3 Å². The average Bonchev–Trinajstić information content (AvgIpc) is 3.18. The van der Waals surface area contributed by atoms with Crippen LogP contribution in [0.1, 0.15) is 21.7 Å². The van der Waals surface area contributed by atoms with Crippen molar-refractivity contribution in [3.63, 3.8) is 0 Å². The Balaban J connectivity index is 2.01. The van der Waals surface area contributed by atoms with Gasteiger partial charge in [-0.05, 0) is 44.2 Å². The SMILES string of the molecule is CNc1nc(-c2cc(C)n(-c3ccc(C(=O)OC)cc3)c2C)cs1. The minimum atomic E-state index is -0.328. The molecule has 3 aromatic rings. The number of anilines is 1. The number of ether oxygens (including phenoxy) is 1. The third-order valence-corrected chi connectivity index (χ3v) is 4.83. The van der Waals surface area contributed by atoms with Gasteiger partial charge in [0.05, 0.1) is 18.4 Å². The highest BCUT2D eigenvalue weighted by Gasteiger charge is 2.15. The van der Waals surface area contributed by atoms with Gasteiger partial charge in [0, 0.05) is 35.1 Å². The Bertz CT molecular complexity index is 878. The minimum absolute atomic E-state index is 0.328. The molecule has 0 spiro atoms. The standard InChI is InChI=1S/C18H19N3O2S/c1-11-9-15(16-10-24-18(19-3)20-16)12(2)21(11)14-7-5-13(6-8-14)17(22)23-4/h5-10H,1-4H3,(H,19,20). The van der Waals surface area contributed by atoms with Crippen LogP contribution in [0.2, 0.25) is 0 Å². The summed E-state index contributed by atoms with van der Waals surface area (Å²) in [5.41, 5.74) is 5.87. The van der Waals surface area contributed by atoms with Crippen LogP contribution in [0.4, 0.5) is 5.13 Å².